The lowest BCUT2D eigenvalue weighted by Gasteiger charge is -2.10. The Balaban J connectivity index is 1.72. The number of alkyl halides is 3. The predicted molar refractivity (Wildman–Crippen MR) is 94.8 cm³/mol. The molecule has 0 saturated carbocycles. The van der Waals surface area contributed by atoms with E-state index in [9.17, 15) is 22.4 Å². The van der Waals surface area contributed by atoms with Crippen LogP contribution >= 0.6 is 0 Å². The first-order chi connectivity index (χ1) is 13.2. The maximum absolute atomic E-state index is 12.9. The summed E-state index contributed by atoms with van der Waals surface area (Å²) in [5.41, 5.74) is 1.02. The van der Waals surface area contributed by atoms with E-state index in [-0.39, 0.29) is 23.7 Å². The van der Waals surface area contributed by atoms with E-state index in [0.29, 0.717) is 11.3 Å². The molecule has 0 bridgehead atoms. The number of rotatable bonds is 4. The summed E-state index contributed by atoms with van der Waals surface area (Å²) in [7, 11) is 0. The fraction of sp³-hybridized carbons (Fsp3) is 0.150. The van der Waals surface area contributed by atoms with Gasteiger partial charge >= 0.3 is 6.18 Å². The number of halogens is 4. The van der Waals surface area contributed by atoms with Gasteiger partial charge in [-0.1, -0.05) is 24.3 Å². The van der Waals surface area contributed by atoms with Crippen LogP contribution in [0, 0.1) is 12.7 Å². The second kappa shape index (κ2) is 7.75. The molecule has 1 N–H and O–H groups in total. The molecule has 1 aromatic heterocycles. The molecule has 0 atom stereocenters. The highest BCUT2D eigenvalue weighted by molar-refractivity contribution is 5.95. The summed E-state index contributed by atoms with van der Waals surface area (Å²) >= 11 is 0. The van der Waals surface area contributed by atoms with E-state index in [0.717, 1.165) is 17.7 Å². The Morgan fingerprint density at radius 1 is 1.04 bits per heavy atom. The average molecular weight is 389 g/mol. The number of aromatic nitrogens is 2. The number of hydrogen-bond donors (Lipinski definition) is 1. The van der Waals surface area contributed by atoms with Crippen molar-refractivity contribution < 1.29 is 22.4 Å². The van der Waals surface area contributed by atoms with E-state index in [1.54, 1.807) is 19.1 Å². The van der Waals surface area contributed by atoms with Crippen LogP contribution in [0.2, 0.25) is 0 Å². The number of carbonyl (C=O) groups is 1. The van der Waals surface area contributed by atoms with Crippen LogP contribution in [0.15, 0.2) is 54.7 Å². The number of carbonyl (C=O) groups excluding carboxylic acids is 1. The van der Waals surface area contributed by atoms with E-state index in [2.05, 4.69) is 15.3 Å². The number of aryl methyl sites for hydroxylation is 1. The van der Waals surface area contributed by atoms with Crippen molar-refractivity contribution in [3.8, 4) is 11.4 Å². The topological polar surface area (TPSA) is 54.9 Å². The van der Waals surface area contributed by atoms with E-state index in [1.807, 2.05) is 0 Å². The highest BCUT2D eigenvalue weighted by atomic mass is 19.4. The molecule has 0 unspecified atom stereocenters. The van der Waals surface area contributed by atoms with Gasteiger partial charge in [-0.25, -0.2) is 14.4 Å². The number of amides is 1. The first-order valence-electron chi connectivity index (χ1n) is 8.28. The molecule has 3 rings (SSSR count). The molecule has 0 radical (unpaired) electrons. The third kappa shape index (κ3) is 4.51. The zero-order valence-corrected chi connectivity index (χ0v) is 14.7. The smallest absolute Gasteiger partial charge is 0.348 e. The monoisotopic (exact) mass is 389 g/mol. The van der Waals surface area contributed by atoms with Gasteiger partial charge in [0, 0.05) is 18.3 Å². The second-order valence-corrected chi connectivity index (χ2v) is 6.08. The molecule has 3 aromatic rings. The van der Waals surface area contributed by atoms with E-state index >= 15 is 0 Å². The summed E-state index contributed by atoms with van der Waals surface area (Å²) in [4.78, 5) is 20.6. The van der Waals surface area contributed by atoms with Gasteiger partial charge in [0.15, 0.2) is 5.82 Å². The highest BCUT2D eigenvalue weighted by Gasteiger charge is 2.30. The van der Waals surface area contributed by atoms with Crippen molar-refractivity contribution in [2.45, 2.75) is 19.6 Å². The van der Waals surface area contributed by atoms with Crippen LogP contribution in [-0.4, -0.2) is 15.9 Å². The summed E-state index contributed by atoms with van der Waals surface area (Å²) in [5, 5.41) is 2.69. The first-order valence-corrected chi connectivity index (χ1v) is 8.28. The molecule has 0 aliphatic carbocycles. The lowest BCUT2D eigenvalue weighted by atomic mass is 10.1. The van der Waals surface area contributed by atoms with Crippen molar-refractivity contribution in [2.75, 3.05) is 0 Å². The van der Waals surface area contributed by atoms with Crippen LogP contribution in [0.25, 0.3) is 11.4 Å². The van der Waals surface area contributed by atoms with E-state index in [1.165, 1.54) is 30.5 Å². The van der Waals surface area contributed by atoms with Crippen LogP contribution in [0.4, 0.5) is 17.6 Å². The molecule has 0 aliphatic heterocycles. The Hall–Kier alpha value is -3.29. The normalized spacial score (nSPS) is 11.3. The summed E-state index contributed by atoms with van der Waals surface area (Å²) in [6.07, 6.45) is -3.09. The fourth-order valence-electron chi connectivity index (χ4n) is 2.52. The Bertz CT molecular complexity index is 984. The van der Waals surface area contributed by atoms with Crippen molar-refractivity contribution in [1.29, 1.82) is 0 Å². The van der Waals surface area contributed by atoms with E-state index < -0.39 is 17.6 Å². The van der Waals surface area contributed by atoms with Crippen LogP contribution in [-0.2, 0) is 12.7 Å². The largest absolute Gasteiger partial charge is 0.416 e. The number of benzene rings is 2. The van der Waals surface area contributed by atoms with Crippen LogP contribution in [0.5, 0.6) is 0 Å². The summed E-state index contributed by atoms with van der Waals surface area (Å²) in [5.74, 6) is -0.541. The Morgan fingerprint density at radius 2 is 1.68 bits per heavy atom. The molecule has 0 aliphatic rings. The van der Waals surface area contributed by atoms with Crippen LogP contribution < -0.4 is 5.32 Å². The Kier molecular flexibility index (Phi) is 5.39. The SMILES string of the molecule is Cc1nc(-c2ccc(C(F)(F)F)cc2)ncc1C(=O)NCc1ccc(F)cc1. The van der Waals surface area contributed by atoms with Gasteiger partial charge in [-0.15, -0.1) is 0 Å². The van der Waals surface area contributed by atoms with Crippen molar-refractivity contribution >= 4 is 5.91 Å². The molecule has 0 saturated heterocycles. The predicted octanol–water partition coefficient (Wildman–Crippen LogP) is 4.54. The maximum atomic E-state index is 12.9. The molecule has 0 fully saturated rings. The molecule has 2 aromatic carbocycles. The lowest BCUT2D eigenvalue weighted by molar-refractivity contribution is -0.137. The first kappa shape index (κ1) is 19.5. The Labute approximate surface area is 158 Å². The molecule has 4 nitrogen and oxygen atoms in total. The van der Waals surface area contributed by atoms with Crippen molar-refractivity contribution in [3.63, 3.8) is 0 Å². The molecule has 28 heavy (non-hydrogen) atoms. The zero-order chi connectivity index (χ0) is 20.3. The second-order valence-electron chi connectivity index (χ2n) is 6.08. The van der Waals surface area contributed by atoms with E-state index in [4.69, 9.17) is 0 Å². The van der Waals surface area contributed by atoms with Crippen molar-refractivity contribution in [3.05, 3.63) is 82.9 Å². The minimum atomic E-state index is -4.41. The third-order valence-corrected chi connectivity index (χ3v) is 4.06. The van der Waals surface area contributed by atoms with Gasteiger partial charge < -0.3 is 5.32 Å². The average Bonchev–Trinajstić information content (AvgIpc) is 2.66. The number of nitrogens with zero attached hydrogens (tertiary/aromatic N) is 2. The zero-order valence-electron chi connectivity index (χ0n) is 14.7. The molecular weight excluding hydrogens is 374 g/mol. The number of nitrogens with one attached hydrogen (secondary N) is 1. The summed E-state index contributed by atoms with van der Waals surface area (Å²) < 4.78 is 50.8. The molecule has 0 spiro atoms. The van der Waals surface area contributed by atoms with Gasteiger partial charge in [-0.05, 0) is 36.8 Å². The lowest BCUT2D eigenvalue weighted by Crippen LogP contribution is -2.24. The maximum Gasteiger partial charge on any atom is 0.416 e. The number of hydrogen-bond acceptors (Lipinski definition) is 3. The van der Waals surface area contributed by atoms with Gasteiger partial charge in [0.25, 0.3) is 5.91 Å². The van der Waals surface area contributed by atoms with Gasteiger partial charge in [0.05, 0.1) is 16.8 Å². The van der Waals surface area contributed by atoms with Crippen molar-refractivity contribution in [1.82, 2.24) is 15.3 Å². The molecule has 8 heteroatoms. The third-order valence-electron chi connectivity index (χ3n) is 4.06. The highest BCUT2D eigenvalue weighted by Crippen LogP contribution is 2.30. The molecular formula is C20H15F4N3O. The molecule has 1 heterocycles. The van der Waals surface area contributed by atoms with Gasteiger partial charge in [-0.3, -0.25) is 4.79 Å². The standard InChI is InChI=1S/C20H15F4N3O/c1-12-17(19(28)26-10-13-2-8-16(21)9-3-13)11-25-18(27-12)14-4-6-15(7-5-14)20(22,23)24/h2-9,11H,10H2,1H3,(H,26,28). The quantitative estimate of drug-likeness (QED) is 0.667. The van der Waals surface area contributed by atoms with Gasteiger partial charge in [0.2, 0.25) is 0 Å². The molecule has 1 amide bonds. The summed E-state index contributed by atoms with van der Waals surface area (Å²) in [6.45, 7) is 1.82. The van der Waals surface area contributed by atoms with Crippen LogP contribution in [0.1, 0.15) is 27.2 Å². The van der Waals surface area contributed by atoms with Gasteiger partial charge in [0.1, 0.15) is 5.82 Å². The Morgan fingerprint density at radius 3 is 2.25 bits per heavy atom. The fourth-order valence-corrected chi connectivity index (χ4v) is 2.52. The minimum absolute atomic E-state index is 0.208. The summed E-state index contributed by atoms with van der Waals surface area (Å²) in [6, 6.07) is 10.2. The van der Waals surface area contributed by atoms with Crippen LogP contribution in [0.3, 0.4) is 0 Å². The molecule has 144 valence electrons. The minimum Gasteiger partial charge on any atom is -0.348 e. The van der Waals surface area contributed by atoms with Crippen molar-refractivity contribution in [2.24, 2.45) is 0 Å². The van der Waals surface area contributed by atoms with Gasteiger partial charge in [-0.2, -0.15) is 13.2 Å².